The average Bonchev–Trinajstić information content (AvgIpc) is 2.36. The molecule has 0 aliphatic rings. The second-order valence-electron chi connectivity index (χ2n) is 4.25. The van der Waals surface area contributed by atoms with E-state index in [1.807, 2.05) is 6.92 Å². The van der Waals surface area contributed by atoms with Gasteiger partial charge in [-0.25, -0.2) is 9.37 Å². The molecule has 0 unspecified atom stereocenters. The Balaban J connectivity index is 2.25. The molecule has 0 spiro atoms. The first-order valence-corrected chi connectivity index (χ1v) is 6.46. The molecule has 98 valence electrons. The maximum atomic E-state index is 13.2. The average molecular weight is 323 g/mol. The minimum atomic E-state index is -0.430. The molecule has 0 aliphatic carbocycles. The third kappa shape index (κ3) is 3.17. The van der Waals surface area contributed by atoms with Gasteiger partial charge >= 0.3 is 0 Å². The van der Waals surface area contributed by atoms with Gasteiger partial charge in [0.25, 0.3) is 5.91 Å². The van der Waals surface area contributed by atoms with Crippen LogP contribution in [0.3, 0.4) is 0 Å². The Morgan fingerprint density at radius 1 is 1.26 bits per heavy atom. The predicted octanol–water partition coefficient (Wildman–Crippen LogP) is 3.85. The lowest BCUT2D eigenvalue weighted by molar-refractivity contribution is 0.102. The van der Waals surface area contributed by atoms with E-state index in [9.17, 15) is 9.18 Å². The molecule has 5 heteroatoms. The zero-order chi connectivity index (χ0) is 14.0. The maximum Gasteiger partial charge on any atom is 0.256 e. The molecule has 1 aromatic heterocycles. The summed E-state index contributed by atoms with van der Waals surface area (Å²) in [4.78, 5) is 16.2. The van der Waals surface area contributed by atoms with E-state index in [0.29, 0.717) is 11.3 Å². The summed E-state index contributed by atoms with van der Waals surface area (Å²) in [5.41, 5.74) is 2.53. The SMILES string of the molecule is Cc1ccc(F)cc1C(=O)Nc1cnc(Br)c(C)c1. The molecule has 0 bridgehead atoms. The van der Waals surface area contributed by atoms with Crippen LogP contribution >= 0.6 is 15.9 Å². The van der Waals surface area contributed by atoms with Crippen LogP contribution in [0.1, 0.15) is 21.5 Å². The van der Waals surface area contributed by atoms with Crippen LogP contribution in [0.5, 0.6) is 0 Å². The highest BCUT2D eigenvalue weighted by atomic mass is 79.9. The molecule has 0 aliphatic heterocycles. The molecule has 1 heterocycles. The maximum absolute atomic E-state index is 13.2. The number of nitrogens with one attached hydrogen (secondary N) is 1. The van der Waals surface area contributed by atoms with Crippen molar-refractivity contribution in [3.8, 4) is 0 Å². The van der Waals surface area contributed by atoms with Crippen LogP contribution in [0.2, 0.25) is 0 Å². The van der Waals surface area contributed by atoms with Crippen LogP contribution in [-0.2, 0) is 0 Å². The molecular weight excluding hydrogens is 311 g/mol. The van der Waals surface area contributed by atoms with Crippen molar-refractivity contribution in [2.75, 3.05) is 5.32 Å². The quantitative estimate of drug-likeness (QED) is 0.853. The van der Waals surface area contributed by atoms with Gasteiger partial charge in [0.1, 0.15) is 10.4 Å². The molecule has 0 radical (unpaired) electrons. The molecule has 0 saturated heterocycles. The first-order chi connectivity index (χ1) is 8.97. The van der Waals surface area contributed by atoms with Crippen molar-refractivity contribution in [1.82, 2.24) is 4.98 Å². The fourth-order valence-corrected chi connectivity index (χ4v) is 1.88. The van der Waals surface area contributed by atoms with Gasteiger partial charge in [0, 0.05) is 5.56 Å². The number of carbonyl (C=O) groups excluding carboxylic acids is 1. The fourth-order valence-electron chi connectivity index (χ4n) is 1.66. The van der Waals surface area contributed by atoms with Crippen LogP contribution in [0, 0.1) is 19.7 Å². The van der Waals surface area contributed by atoms with Crippen molar-refractivity contribution in [3.05, 3.63) is 57.6 Å². The zero-order valence-corrected chi connectivity index (χ0v) is 12.1. The van der Waals surface area contributed by atoms with E-state index in [1.165, 1.54) is 12.1 Å². The van der Waals surface area contributed by atoms with Crippen molar-refractivity contribution >= 4 is 27.5 Å². The Morgan fingerprint density at radius 2 is 2.00 bits per heavy atom. The highest BCUT2D eigenvalue weighted by Gasteiger charge is 2.11. The van der Waals surface area contributed by atoms with Gasteiger partial charge in [-0.3, -0.25) is 4.79 Å². The van der Waals surface area contributed by atoms with E-state index in [1.54, 1.807) is 25.3 Å². The molecule has 1 aromatic carbocycles. The summed E-state index contributed by atoms with van der Waals surface area (Å²) in [6.07, 6.45) is 1.55. The first kappa shape index (κ1) is 13.7. The third-order valence-corrected chi connectivity index (χ3v) is 3.55. The number of halogens is 2. The van der Waals surface area contributed by atoms with Gasteiger partial charge in [-0.05, 0) is 59.1 Å². The van der Waals surface area contributed by atoms with Gasteiger partial charge in [0.05, 0.1) is 11.9 Å². The summed E-state index contributed by atoms with van der Waals surface area (Å²) < 4.78 is 13.9. The summed E-state index contributed by atoms with van der Waals surface area (Å²) in [7, 11) is 0. The smallest absolute Gasteiger partial charge is 0.256 e. The molecule has 2 rings (SSSR count). The number of anilines is 1. The van der Waals surface area contributed by atoms with Crippen molar-refractivity contribution < 1.29 is 9.18 Å². The standard InChI is InChI=1S/C14H12BrFN2O/c1-8-3-4-10(16)6-12(8)14(19)18-11-5-9(2)13(15)17-7-11/h3-7H,1-2H3,(H,18,19). The number of rotatable bonds is 2. The van der Waals surface area contributed by atoms with Crippen LogP contribution in [0.15, 0.2) is 35.1 Å². The lowest BCUT2D eigenvalue weighted by Gasteiger charge is -2.08. The molecule has 1 N–H and O–H groups in total. The first-order valence-electron chi connectivity index (χ1n) is 5.67. The summed E-state index contributed by atoms with van der Waals surface area (Å²) >= 11 is 3.29. The van der Waals surface area contributed by atoms with Gasteiger partial charge in [-0.2, -0.15) is 0 Å². The Kier molecular flexibility index (Phi) is 3.95. The van der Waals surface area contributed by atoms with Crippen LogP contribution in [0.4, 0.5) is 10.1 Å². The van der Waals surface area contributed by atoms with Gasteiger partial charge in [0.15, 0.2) is 0 Å². The van der Waals surface area contributed by atoms with Crippen molar-refractivity contribution in [3.63, 3.8) is 0 Å². The molecule has 0 atom stereocenters. The van der Waals surface area contributed by atoms with Crippen LogP contribution < -0.4 is 5.32 Å². The van der Waals surface area contributed by atoms with Crippen molar-refractivity contribution in [2.24, 2.45) is 0 Å². The second kappa shape index (κ2) is 5.48. The summed E-state index contributed by atoms with van der Waals surface area (Å²) in [5.74, 6) is -0.776. The molecule has 3 nitrogen and oxygen atoms in total. The van der Waals surface area contributed by atoms with E-state index in [2.05, 4.69) is 26.2 Å². The topological polar surface area (TPSA) is 42.0 Å². The minimum absolute atomic E-state index is 0.320. The lowest BCUT2D eigenvalue weighted by Crippen LogP contribution is -2.14. The van der Waals surface area contributed by atoms with Gasteiger partial charge in [-0.1, -0.05) is 6.07 Å². The number of hydrogen-bond donors (Lipinski definition) is 1. The molecular formula is C14H12BrFN2O. The van der Waals surface area contributed by atoms with E-state index in [0.717, 1.165) is 15.7 Å². The number of carbonyl (C=O) groups is 1. The summed E-state index contributed by atoms with van der Waals surface area (Å²) in [5, 5.41) is 2.71. The predicted molar refractivity (Wildman–Crippen MR) is 75.8 cm³/mol. The largest absolute Gasteiger partial charge is 0.321 e. The number of hydrogen-bond acceptors (Lipinski definition) is 2. The van der Waals surface area contributed by atoms with E-state index < -0.39 is 5.82 Å². The lowest BCUT2D eigenvalue weighted by atomic mass is 10.1. The summed E-state index contributed by atoms with van der Waals surface area (Å²) in [6, 6.07) is 5.93. The number of pyridine rings is 1. The Morgan fingerprint density at radius 3 is 2.68 bits per heavy atom. The van der Waals surface area contributed by atoms with Gasteiger partial charge < -0.3 is 5.32 Å². The van der Waals surface area contributed by atoms with E-state index >= 15 is 0 Å². The van der Waals surface area contributed by atoms with Gasteiger partial charge in [-0.15, -0.1) is 0 Å². The van der Waals surface area contributed by atoms with Crippen LogP contribution in [0.25, 0.3) is 0 Å². The van der Waals surface area contributed by atoms with Crippen LogP contribution in [-0.4, -0.2) is 10.9 Å². The normalized spacial score (nSPS) is 10.3. The van der Waals surface area contributed by atoms with E-state index in [-0.39, 0.29) is 5.91 Å². The zero-order valence-electron chi connectivity index (χ0n) is 10.5. The highest BCUT2D eigenvalue weighted by molar-refractivity contribution is 9.10. The second-order valence-corrected chi connectivity index (χ2v) is 5.00. The Bertz CT molecular complexity index is 643. The molecule has 19 heavy (non-hydrogen) atoms. The summed E-state index contributed by atoms with van der Waals surface area (Å²) in [6.45, 7) is 3.64. The molecule has 0 fully saturated rings. The molecule has 0 saturated carbocycles. The number of aromatic nitrogens is 1. The number of benzene rings is 1. The number of amides is 1. The monoisotopic (exact) mass is 322 g/mol. The highest BCUT2D eigenvalue weighted by Crippen LogP contribution is 2.18. The van der Waals surface area contributed by atoms with Gasteiger partial charge in [0.2, 0.25) is 0 Å². The third-order valence-electron chi connectivity index (χ3n) is 2.72. The number of nitrogens with zero attached hydrogens (tertiary/aromatic N) is 1. The number of aryl methyl sites for hydroxylation is 2. The molecule has 1 amide bonds. The molecule has 2 aromatic rings. The van der Waals surface area contributed by atoms with Crippen molar-refractivity contribution in [2.45, 2.75) is 13.8 Å². The Labute approximate surface area is 119 Å². The Hall–Kier alpha value is -1.75. The fraction of sp³-hybridized carbons (Fsp3) is 0.143. The van der Waals surface area contributed by atoms with E-state index in [4.69, 9.17) is 0 Å². The van der Waals surface area contributed by atoms with Crippen molar-refractivity contribution in [1.29, 1.82) is 0 Å². The minimum Gasteiger partial charge on any atom is -0.321 e.